The van der Waals surface area contributed by atoms with Gasteiger partial charge in [0, 0.05) is 29.6 Å². The van der Waals surface area contributed by atoms with Crippen molar-refractivity contribution in [1.82, 2.24) is 10.6 Å². The summed E-state index contributed by atoms with van der Waals surface area (Å²) in [6.45, 7) is 7.77. The van der Waals surface area contributed by atoms with Gasteiger partial charge in [0.2, 0.25) is 0 Å². The Bertz CT molecular complexity index is 353. The van der Waals surface area contributed by atoms with Gasteiger partial charge in [-0.25, -0.2) is 0 Å². The minimum absolute atomic E-state index is 0.146. The molecule has 1 aliphatic heterocycles. The highest BCUT2D eigenvalue weighted by Gasteiger charge is 2.23. The first-order valence-electron chi connectivity index (χ1n) is 6.28. The van der Waals surface area contributed by atoms with Crippen molar-refractivity contribution >= 4 is 11.6 Å². The van der Waals surface area contributed by atoms with Gasteiger partial charge < -0.3 is 10.6 Å². The second kappa shape index (κ2) is 5.38. The first-order valence-corrected chi connectivity index (χ1v) is 6.66. The van der Waals surface area contributed by atoms with Gasteiger partial charge in [0.1, 0.15) is 0 Å². The van der Waals surface area contributed by atoms with Crippen molar-refractivity contribution in [3.63, 3.8) is 0 Å². The molecule has 0 radical (unpaired) electrons. The van der Waals surface area contributed by atoms with Crippen molar-refractivity contribution in [2.24, 2.45) is 0 Å². The van der Waals surface area contributed by atoms with Crippen molar-refractivity contribution in [3.8, 4) is 0 Å². The molecule has 17 heavy (non-hydrogen) atoms. The topological polar surface area (TPSA) is 24.1 Å². The fraction of sp³-hybridized carbons (Fsp3) is 0.571. The maximum atomic E-state index is 5.92. The molecule has 1 saturated heterocycles. The van der Waals surface area contributed by atoms with Gasteiger partial charge in [0.15, 0.2) is 0 Å². The number of nitrogens with one attached hydrogen (secondary N) is 2. The van der Waals surface area contributed by atoms with Crippen LogP contribution in [-0.2, 0) is 5.41 Å². The van der Waals surface area contributed by atoms with E-state index in [9.17, 15) is 0 Å². The lowest BCUT2D eigenvalue weighted by Gasteiger charge is -2.27. The number of hydrogen-bond donors (Lipinski definition) is 2. The van der Waals surface area contributed by atoms with Crippen molar-refractivity contribution in [2.75, 3.05) is 19.6 Å². The predicted octanol–water partition coefficient (Wildman–Crippen LogP) is 2.57. The van der Waals surface area contributed by atoms with E-state index in [1.54, 1.807) is 0 Å². The van der Waals surface area contributed by atoms with Crippen LogP contribution in [0, 0.1) is 0 Å². The first-order chi connectivity index (χ1) is 8.08. The van der Waals surface area contributed by atoms with Crippen LogP contribution in [0.1, 0.15) is 25.8 Å². The Morgan fingerprint density at radius 1 is 1.35 bits per heavy atom. The quantitative estimate of drug-likeness (QED) is 0.861. The van der Waals surface area contributed by atoms with Gasteiger partial charge in [-0.05, 0) is 30.7 Å². The lowest BCUT2D eigenvalue weighted by molar-refractivity contribution is 0.428. The van der Waals surface area contributed by atoms with Crippen LogP contribution in [0.15, 0.2) is 24.3 Å². The maximum absolute atomic E-state index is 5.92. The van der Waals surface area contributed by atoms with Gasteiger partial charge in [-0.2, -0.15) is 0 Å². The number of halogens is 1. The van der Waals surface area contributed by atoms with E-state index < -0.39 is 0 Å². The molecule has 0 aliphatic carbocycles. The molecule has 1 aliphatic rings. The highest BCUT2D eigenvalue weighted by atomic mass is 35.5. The molecule has 0 aromatic heterocycles. The Labute approximate surface area is 109 Å². The zero-order valence-electron chi connectivity index (χ0n) is 10.6. The molecule has 0 amide bonds. The van der Waals surface area contributed by atoms with E-state index in [0.717, 1.165) is 24.7 Å². The zero-order valence-corrected chi connectivity index (χ0v) is 11.3. The summed E-state index contributed by atoms with van der Waals surface area (Å²) >= 11 is 5.92. The average molecular weight is 253 g/mol. The van der Waals surface area contributed by atoms with E-state index in [1.165, 1.54) is 12.0 Å². The third-order valence-electron chi connectivity index (χ3n) is 3.52. The fourth-order valence-corrected chi connectivity index (χ4v) is 2.36. The number of hydrogen-bond acceptors (Lipinski definition) is 2. The lowest BCUT2D eigenvalue weighted by Crippen LogP contribution is -2.40. The highest BCUT2D eigenvalue weighted by molar-refractivity contribution is 6.30. The minimum Gasteiger partial charge on any atom is -0.315 e. The summed E-state index contributed by atoms with van der Waals surface area (Å²) in [5, 5.41) is 7.82. The molecule has 1 unspecified atom stereocenters. The molecule has 1 aromatic carbocycles. The fourth-order valence-electron chi connectivity index (χ4n) is 2.23. The Morgan fingerprint density at radius 2 is 2.06 bits per heavy atom. The summed E-state index contributed by atoms with van der Waals surface area (Å²) in [4.78, 5) is 0. The molecule has 94 valence electrons. The van der Waals surface area contributed by atoms with Crippen LogP contribution in [0.2, 0.25) is 5.02 Å². The Kier molecular flexibility index (Phi) is 4.08. The van der Waals surface area contributed by atoms with Crippen LogP contribution >= 0.6 is 11.6 Å². The van der Waals surface area contributed by atoms with Gasteiger partial charge in [-0.1, -0.05) is 37.6 Å². The van der Waals surface area contributed by atoms with Crippen LogP contribution in [0.25, 0.3) is 0 Å². The van der Waals surface area contributed by atoms with E-state index in [4.69, 9.17) is 11.6 Å². The molecule has 0 spiro atoms. The Hall–Kier alpha value is -0.570. The zero-order chi connectivity index (χ0) is 12.3. The van der Waals surface area contributed by atoms with Crippen molar-refractivity contribution in [3.05, 3.63) is 34.9 Å². The van der Waals surface area contributed by atoms with E-state index in [-0.39, 0.29) is 5.41 Å². The summed E-state index contributed by atoms with van der Waals surface area (Å²) < 4.78 is 0. The maximum Gasteiger partial charge on any atom is 0.0406 e. The Morgan fingerprint density at radius 3 is 2.65 bits per heavy atom. The molecule has 1 aromatic rings. The summed E-state index contributed by atoms with van der Waals surface area (Å²) in [5.74, 6) is 0. The minimum atomic E-state index is 0.146. The van der Waals surface area contributed by atoms with Crippen molar-refractivity contribution in [2.45, 2.75) is 31.7 Å². The van der Waals surface area contributed by atoms with Crippen LogP contribution < -0.4 is 10.6 Å². The molecule has 0 bridgehead atoms. The van der Waals surface area contributed by atoms with Crippen LogP contribution in [0.4, 0.5) is 0 Å². The molecule has 2 nitrogen and oxygen atoms in total. The standard InChI is InChI=1S/C14H21ClN2/c1-14(2,10-17-13-7-8-16-9-13)11-3-5-12(15)6-4-11/h3-6,13,16-17H,7-10H2,1-2H3. The van der Waals surface area contributed by atoms with Gasteiger partial charge >= 0.3 is 0 Å². The van der Waals surface area contributed by atoms with Crippen LogP contribution in [-0.4, -0.2) is 25.7 Å². The summed E-state index contributed by atoms with van der Waals surface area (Å²) in [6.07, 6.45) is 1.23. The molecule has 1 heterocycles. The third kappa shape index (κ3) is 3.44. The summed E-state index contributed by atoms with van der Waals surface area (Å²) in [7, 11) is 0. The Balaban J connectivity index is 1.94. The predicted molar refractivity (Wildman–Crippen MR) is 73.8 cm³/mol. The van der Waals surface area contributed by atoms with Crippen molar-refractivity contribution in [1.29, 1.82) is 0 Å². The molecular weight excluding hydrogens is 232 g/mol. The second-order valence-electron chi connectivity index (χ2n) is 5.46. The molecule has 1 atom stereocenters. The van der Waals surface area contributed by atoms with Gasteiger partial charge in [-0.3, -0.25) is 0 Å². The normalized spacial score (nSPS) is 20.8. The summed E-state index contributed by atoms with van der Waals surface area (Å²) in [6, 6.07) is 8.81. The van der Waals surface area contributed by atoms with Gasteiger partial charge in [0.25, 0.3) is 0 Å². The lowest BCUT2D eigenvalue weighted by atomic mass is 9.84. The molecule has 3 heteroatoms. The molecule has 2 rings (SSSR count). The van der Waals surface area contributed by atoms with E-state index in [0.29, 0.717) is 6.04 Å². The van der Waals surface area contributed by atoms with E-state index in [2.05, 4.69) is 36.6 Å². The number of benzene rings is 1. The van der Waals surface area contributed by atoms with Crippen LogP contribution in [0.5, 0.6) is 0 Å². The highest BCUT2D eigenvalue weighted by Crippen LogP contribution is 2.24. The first kappa shape index (κ1) is 12.9. The van der Waals surface area contributed by atoms with E-state index >= 15 is 0 Å². The molecule has 1 fully saturated rings. The van der Waals surface area contributed by atoms with E-state index in [1.807, 2.05) is 12.1 Å². The monoisotopic (exact) mass is 252 g/mol. The third-order valence-corrected chi connectivity index (χ3v) is 3.77. The average Bonchev–Trinajstić information content (AvgIpc) is 2.80. The van der Waals surface area contributed by atoms with Crippen LogP contribution in [0.3, 0.4) is 0 Å². The molecular formula is C14H21ClN2. The van der Waals surface area contributed by atoms with Gasteiger partial charge in [0.05, 0.1) is 0 Å². The second-order valence-corrected chi connectivity index (χ2v) is 5.90. The smallest absolute Gasteiger partial charge is 0.0406 e. The van der Waals surface area contributed by atoms with Crippen molar-refractivity contribution < 1.29 is 0 Å². The summed E-state index contributed by atoms with van der Waals surface area (Å²) in [5.41, 5.74) is 1.48. The largest absolute Gasteiger partial charge is 0.315 e. The SMILES string of the molecule is CC(C)(CNC1CCNC1)c1ccc(Cl)cc1. The molecule has 0 saturated carbocycles. The molecule has 2 N–H and O–H groups in total. The number of rotatable bonds is 4. The van der Waals surface area contributed by atoms with Gasteiger partial charge in [-0.15, -0.1) is 0 Å².